The molecule has 0 bridgehead atoms. The van der Waals surface area contributed by atoms with Crippen molar-refractivity contribution in [1.29, 1.82) is 0 Å². The van der Waals surface area contributed by atoms with Crippen LogP contribution in [0.4, 0.5) is 0 Å². The zero-order chi connectivity index (χ0) is 15.5. The summed E-state index contributed by atoms with van der Waals surface area (Å²) in [7, 11) is 1.28. The van der Waals surface area contributed by atoms with E-state index in [9.17, 15) is 4.79 Å². The standard InChI is InChI=1S/C12H10.C4H9NO4/c1-3-7-11(8-4-1)12-9-5-2-6-10-12;1-9-5-3(2-6)4(7)8/h1-10H;3,5-6H,2H2,1H3,(H,7,8). The van der Waals surface area contributed by atoms with Crippen molar-refractivity contribution in [3.05, 3.63) is 60.7 Å². The van der Waals surface area contributed by atoms with Crippen molar-refractivity contribution in [2.45, 2.75) is 6.04 Å². The number of carbonyl (C=O) groups is 1. The number of benzene rings is 2. The molecular formula is C16H19NO4. The Labute approximate surface area is 123 Å². The quantitative estimate of drug-likeness (QED) is 0.733. The lowest BCUT2D eigenvalue weighted by Crippen LogP contribution is -2.38. The molecule has 2 aromatic rings. The molecule has 0 fully saturated rings. The minimum absolute atomic E-state index is 0.483. The molecule has 0 aliphatic rings. The average Bonchev–Trinajstić information content (AvgIpc) is 2.54. The molecule has 3 N–H and O–H groups in total. The summed E-state index contributed by atoms with van der Waals surface area (Å²) in [6.07, 6.45) is 0. The SMILES string of the molecule is CONC(CO)C(=O)O.c1ccc(-c2ccccc2)cc1. The monoisotopic (exact) mass is 289 g/mol. The van der Waals surface area contributed by atoms with Gasteiger partial charge in [0.2, 0.25) is 0 Å². The highest BCUT2D eigenvalue weighted by Gasteiger charge is 2.14. The van der Waals surface area contributed by atoms with Gasteiger partial charge in [-0.15, -0.1) is 0 Å². The van der Waals surface area contributed by atoms with Gasteiger partial charge in [-0.25, -0.2) is 0 Å². The molecule has 1 unspecified atom stereocenters. The Balaban J connectivity index is 0.000000222. The molecule has 0 aliphatic heterocycles. The number of hydrogen-bond donors (Lipinski definition) is 3. The fourth-order valence-corrected chi connectivity index (χ4v) is 1.57. The second-order valence-electron chi connectivity index (χ2n) is 4.13. The molecule has 0 saturated heterocycles. The lowest BCUT2D eigenvalue weighted by molar-refractivity contribution is -0.144. The zero-order valence-electron chi connectivity index (χ0n) is 11.8. The summed E-state index contributed by atoms with van der Waals surface area (Å²) in [6, 6.07) is 19.7. The molecule has 5 heteroatoms. The van der Waals surface area contributed by atoms with E-state index in [1.807, 2.05) is 12.1 Å². The molecule has 0 heterocycles. The van der Waals surface area contributed by atoms with E-state index in [0.717, 1.165) is 0 Å². The van der Waals surface area contributed by atoms with Gasteiger partial charge in [0.1, 0.15) is 0 Å². The summed E-state index contributed by atoms with van der Waals surface area (Å²) in [5.74, 6) is -1.14. The second kappa shape index (κ2) is 9.66. The number of carboxylic acid groups (broad SMARTS) is 1. The van der Waals surface area contributed by atoms with E-state index in [1.165, 1.54) is 18.2 Å². The van der Waals surface area contributed by atoms with Crippen molar-refractivity contribution < 1.29 is 19.8 Å². The van der Waals surface area contributed by atoms with E-state index in [2.05, 4.69) is 58.8 Å². The van der Waals surface area contributed by atoms with Gasteiger partial charge in [-0.1, -0.05) is 60.7 Å². The third-order valence-corrected chi connectivity index (χ3v) is 2.62. The van der Waals surface area contributed by atoms with Crippen LogP contribution in [0.15, 0.2) is 60.7 Å². The van der Waals surface area contributed by atoms with Crippen LogP contribution in [0.25, 0.3) is 11.1 Å². The van der Waals surface area contributed by atoms with Gasteiger partial charge in [-0.05, 0) is 11.1 Å². The maximum Gasteiger partial charge on any atom is 0.325 e. The predicted molar refractivity (Wildman–Crippen MR) is 80.5 cm³/mol. The van der Waals surface area contributed by atoms with Crippen molar-refractivity contribution in [2.24, 2.45) is 0 Å². The van der Waals surface area contributed by atoms with Gasteiger partial charge in [0.15, 0.2) is 6.04 Å². The van der Waals surface area contributed by atoms with Gasteiger partial charge in [-0.3, -0.25) is 4.79 Å². The van der Waals surface area contributed by atoms with Crippen LogP contribution in [0.1, 0.15) is 0 Å². The van der Waals surface area contributed by atoms with Crippen LogP contribution >= 0.6 is 0 Å². The van der Waals surface area contributed by atoms with Crippen molar-refractivity contribution in [1.82, 2.24) is 5.48 Å². The van der Waals surface area contributed by atoms with Gasteiger partial charge >= 0.3 is 5.97 Å². The van der Waals surface area contributed by atoms with Gasteiger partial charge in [0.25, 0.3) is 0 Å². The van der Waals surface area contributed by atoms with Crippen LogP contribution in [0.2, 0.25) is 0 Å². The van der Waals surface area contributed by atoms with Crippen LogP contribution in [0.3, 0.4) is 0 Å². The Morgan fingerprint density at radius 3 is 1.71 bits per heavy atom. The van der Waals surface area contributed by atoms with E-state index in [1.54, 1.807) is 0 Å². The van der Waals surface area contributed by atoms with Crippen molar-refractivity contribution in [2.75, 3.05) is 13.7 Å². The normalized spacial score (nSPS) is 11.1. The molecule has 0 aliphatic carbocycles. The van der Waals surface area contributed by atoms with Crippen LogP contribution < -0.4 is 5.48 Å². The Kier molecular flexibility index (Phi) is 7.74. The fraction of sp³-hybridized carbons (Fsp3) is 0.188. The number of aliphatic hydroxyl groups is 1. The largest absolute Gasteiger partial charge is 0.480 e. The molecule has 112 valence electrons. The van der Waals surface area contributed by atoms with Crippen LogP contribution in [0.5, 0.6) is 0 Å². The Morgan fingerprint density at radius 1 is 1.05 bits per heavy atom. The van der Waals surface area contributed by atoms with E-state index >= 15 is 0 Å². The number of aliphatic carboxylic acids is 1. The molecule has 0 aromatic heterocycles. The fourth-order valence-electron chi connectivity index (χ4n) is 1.57. The lowest BCUT2D eigenvalue weighted by Gasteiger charge is -2.07. The van der Waals surface area contributed by atoms with Crippen molar-refractivity contribution in [3.63, 3.8) is 0 Å². The van der Waals surface area contributed by atoms with E-state index in [-0.39, 0.29) is 0 Å². The minimum Gasteiger partial charge on any atom is -0.480 e. The summed E-state index contributed by atoms with van der Waals surface area (Å²) in [6.45, 7) is -0.483. The highest BCUT2D eigenvalue weighted by molar-refractivity contribution is 5.73. The Morgan fingerprint density at radius 2 is 1.48 bits per heavy atom. The minimum atomic E-state index is -1.14. The molecule has 0 spiro atoms. The van der Waals surface area contributed by atoms with Crippen molar-refractivity contribution >= 4 is 5.97 Å². The van der Waals surface area contributed by atoms with E-state index in [4.69, 9.17) is 10.2 Å². The summed E-state index contributed by atoms with van der Waals surface area (Å²) < 4.78 is 0. The number of carboxylic acids is 1. The third kappa shape index (κ3) is 6.18. The van der Waals surface area contributed by atoms with Gasteiger partial charge in [-0.2, -0.15) is 5.48 Å². The number of hydroxylamine groups is 1. The first-order chi connectivity index (χ1) is 10.2. The number of aliphatic hydroxyl groups excluding tert-OH is 1. The Hall–Kier alpha value is -2.21. The average molecular weight is 289 g/mol. The molecule has 5 nitrogen and oxygen atoms in total. The molecule has 0 saturated carbocycles. The van der Waals surface area contributed by atoms with E-state index in [0.29, 0.717) is 0 Å². The molecular weight excluding hydrogens is 270 g/mol. The third-order valence-electron chi connectivity index (χ3n) is 2.62. The maximum absolute atomic E-state index is 10.0. The topological polar surface area (TPSA) is 78.8 Å². The summed E-state index contributed by atoms with van der Waals surface area (Å²) in [5, 5.41) is 16.5. The molecule has 2 aromatic carbocycles. The van der Waals surface area contributed by atoms with Crippen LogP contribution in [-0.4, -0.2) is 35.9 Å². The highest BCUT2D eigenvalue weighted by atomic mass is 16.6. The summed E-state index contributed by atoms with van der Waals surface area (Å²) in [4.78, 5) is 14.3. The lowest BCUT2D eigenvalue weighted by atomic mass is 10.1. The predicted octanol–water partition coefficient (Wildman–Crippen LogP) is 1.94. The molecule has 0 amide bonds. The number of hydrogen-bond acceptors (Lipinski definition) is 4. The first-order valence-electron chi connectivity index (χ1n) is 6.41. The molecule has 1 atom stereocenters. The first kappa shape index (κ1) is 16.8. The van der Waals surface area contributed by atoms with Gasteiger partial charge in [0, 0.05) is 0 Å². The van der Waals surface area contributed by atoms with Crippen molar-refractivity contribution in [3.8, 4) is 11.1 Å². The summed E-state index contributed by atoms with van der Waals surface area (Å²) in [5.41, 5.74) is 4.63. The number of rotatable bonds is 5. The van der Waals surface area contributed by atoms with Crippen LogP contribution in [-0.2, 0) is 9.63 Å². The summed E-state index contributed by atoms with van der Waals surface area (Å²) >= 11 is 0. The molecule has 2 rings (SSSR count). The molecule has 21 heavy (non-hydrogen) atoms. The first-order valence-corrected chi connectivity index (χ1v) is 6.41. The second-order valence-corrected chi connectivity index (χ2v) is 4.13. The maximum atomic E-state index is 10.0. The smallest absolute Gasteiger partial charge is 0.325 e. The van der Waals surface area contributed by atoms with Gasteiger partial charge in [0.05, 0.1) is 13.7 Å². The zero-order valence-corrected chi connectivity index (χ0v) is 11.8. The number of nitrogens with one attached hydrogen (secondary N) is 1. The van der Waals surface area contributed by atoms with Crippen LogP contribution in [0, 0.1) is 0 Å². The highest BCUT2D eigenvalue weighted by Crippen LogP contribution is 2.17. The Bertz CT molecular complexity index is 479. The van der Waals surface area contributed by atoms with E-state index < -0.39 is 18.6 Å². The molecule has 0 radical (unpaired) electrons. The van der Waals surface area contributed by atoms with Gasteiger partial charge < -0.3 is 15.1 Å².